The highest BCUT2D eigenvalue weighted by Gasteiger charge is 2.19. The fourth-order valence-electron chi connectivity index (χ4n) is 2.70. The SMILES string of the molecule is CN(CCc1cccs1)C(CN)c1coc2ccccc12. The minimum atomic E-state index is 0.189. The molecule has 0 saturated carbocycles. The number of thiophene rings is 1. The second-order valence-corrected chi connectivity index (χ2v) is 6.28. The van der Waals surface area contributed by atoms with Crippen LogP contribution in [-0.2, 0) is 6.42 Å². The van der Waals surface area contributed by atoms with Gasteiger partial charge in [-0.15, -0.1) is 11.3 Å². The van der Waals surface area contributed by atoms with Gasteiger partial charge in [0.1, 0.15) is 5.58 Å². The van der Waals surface area contributed by atoms with Crippen LogP contribution in [0.2, 0.25) is 0 Å². The molecule has 2 N–H and O–H groups in total. The van der Waals surface area contributed by atoms with Crippen molar-refractivity contribution in [1.82, 2.24) is 4.90 Å². The lowest BCUT2D eigenvalue weighted by Crippen LogP contribution is -2.31. The number of furan rings is 1. The molecule has 110 valence electrons. The van der Waals surface area contributed by atoms with Gasteiger partial charge in [0.2, 0.25) is 0 Å². The van der Waals surface area contributed by atoms with Crippen LogP contribution in [-0.4, -0.2) is 25.0 Å². The van der Waals surface area contributed by atoms with Gasteiger partial charge < -0.3 is 10.2 Å². The molecule has 0 aliphatic rings. The Balaban J connectivity index is 1.77. The maximum atomic E-state index is 6.02. The van der Waals surface area contributed by atoms with Crippen molar-refractivity contribution in [2.45, 2.75) is 12.5 Å². The van der Waals surface area contributed by atoms with Crippen LogP contribution < -0.4 is 5.73 Å². The lowest BCUT2D eigenvalue weighted by atomic mass is 10.0. The van der Waals surface area contributed by atoms with Crippen LogP contribution in [0, 0.1) is 0 Å². The van der Waals surface area contributed by atoms with Crippen LogP contribution in [0.15, 0.2) is 52.5 Å². The Morgan fingerprint density at radius 3 is 2.86 bits per heavy atom. The molecule has 2 heterocycles. The van der Waals surface area contributed by atoms with E-state index in [0.29, 0.717) is 6.54 Å². The van der Waals surface area contributed by atoms with Crippen LogP contribution in [0.4, 0.5) is 0 Å². The van der Waals surface area contributed by atoms with Gasteiger partial charge in [-0.05, 0) is 31.0 Å². The summed E-state index contributed by atoms with van der Waals surface area (Å²) in [6.45, 7) is 1.58. The fourth-order valence-corrected chi connectivity index (χ4v) is 3.40. The van der Waals surface area contributed by atoms with Crippen molar-refractivity contribution in [3.05, 3.63) is 58.5 Å². The largest absolute Gasteiger partial charge is 0.464 e. The number of hydrogen-bond acceptors (Lipinski definition) is 4. The Morgan fingerprint density at radius 1 is 1.24 bits per heavy atom. The van der Waals surface area contributed by atoms with E-state index in [2.05, 4.69) is 35.5 Å². The topological polar surface area (TPSA) is 42.4 Å². The normalized spacial score (nSPS) is 13.1. The monoisotopic (exact) mass is 300 g/mol. The smallest absolute Gasteiger partial charge is 0.134 e. The van der Waals surface area contributed by atoms with Crippen molar-refractivity contribution in [3.8, 4) is 0 Å². The van der Waals surface area contributed by atoms with Crippen LogP contribution in [0.25, 0.3) is 11.0 Å². The highest BCUT2D eigenvalue weighted by Crippen LogP contribution is 2.29. The minimum absolute atomic E-state index is 0.189. The number of nitrogens with two attached hydrogens (primary N) is 1. The van der Waals surface area contributed by atoms with Crippen molar-refractivity contribution in [2.75, 3.05) is 20.1 Å². The molecular weight excluding hydrogens is 280 g/mol. The number of likely N-dealkylation sites (N-methyl/N-ethyl adjacent to an activating group) is 1. The molecule has 0 aliphatic heterocycles. The summed E-state index contributed by atoms with van der Waals surface area (Å²) in [5.74, 6) is 0. The van der Waals surface area contributed by atoms with E-state index in [1.54, 1.807) is 0 Å². The van der Waals surface area contributed by atoms with E-state index < -0.39 is 0 Å². The summed E-state index contributed by atoms with van der Waals surface area (Å²) in [7, 11) is 2.13. The fraction of sp³-hybridized carbons (Fsp3) is 0.294. The molecule has 21 heavy (non-hydrogen) atoms. The molecule has 0 fully saturated rings. The third-order valence-corrected chi connectivity index (χ3v) is 4.85. The van der Waals surface area contributed by atoms with Gasteiger partial charge in [-0.3, -0.25) is 4.90 Å². The number of nitrogens with zero attached hydrogens (tertiary/aromatic N) is 1. The quantitative estimate of drug-likeness (QED) is 0.755. The lowest BCUT2D eigenvalue weighted by Gasteiger charge is -2.26. The van der Waals surface area contributed by atoms with Crippen molar-refractivity contribution in [2.24, 2.45) is 5.73 Å². The first-order valence-electron chi connectivity index (χ1n) is 7.18. The summed E-state index contributed by atoms with van der Waals surface area (Å²) in [6.07, 6.45) is 2.91. The maximum absolute atomic E-state index is 6.02. The molecule has 3 nitrogen and oxygen atoms in total. The second kappa shape index (κ2) is 6.43. The summed E-state index contributed by atoms with van der Waals surface area (Å²) in [6, 6.07) is 12.6. The van der Waals surface area contributed by atoms with E-state index in [9.17, 15) is 0 Å². The third kappa shape index (κ3) is 3.02. The van der Waals surface area contributed by atoms with Crippen molar-refractivity contribution < 1.29 is 4.42 Å². The van der Waals surface area contributed by atoms with Crippen molar-refractivity contribution in [3.63, 3.8) is 0 Å². The molecule has 0 amide bonds. The Kier molecular flexibility index (Phi) is 4.39. The highest BCUT2D eigenvalue weighted by atomic mass is 32.1. The van der Waals surface area contributed by atoms with E-state index in [-0.39, 0.29) is 6.04 Å². The van der Waals surface area contributed by atoms with Crippen LogP contribution in [0.5, 0.6) is 0 Å². The molecule has 1 unspecified atom stereocenters. The zero-order chi connectivity index (χ0) is 14.7. The van der Waals surface area contributed by atoms with Gasteiger partial charge in [0, 0.05) is 28.9 Å². The van der Waals surface area contributed by atoms with E-state index in [1.165, 1.54) is 10.4 Å². The van der Waals surface area contributed by atoms with Gasteiger partial charge in [0.15, 0.2) is 0 Å². The number of benzene rings is 1. The zero-order valence-corrected chi connectivity index (χ0v) is 13.0. The zero-order valence-electron chi connectivity index (χ0n) is 12.2. The average molecular weight is 300 g/mol. The molecular formula is C17H20N2OS. The summed E-state index contributed by atoms with van der Waals surface area (Å²) < 4.78 is 5.65. The molecule has 1 aromatic carbocycles. The van der Waals surface area contributed by atoms with E-state index in [4.69, 9.17) is 10.2 Å². The molecule has 0 spiro atoms. The van der Waals surface area contributed by atoms with Crippen LogP contribution in [0.3, 0.4) is 0 Å². The molecule has 0 aliphatic carbocycles. The molecule has 2 aromatic heterocycles. The molecule has 3 rings (SSSR count). The highest BCUT2D eigenvalue weighted by molar-refractivity contribution is 7.09. The number of rotatable bonds is 6. The minimum Gasteiger partial charge on any atom is -0.464 e. The molecule has 3 aromatic rings. The van der Waals surface area contributed by atoms with Gasteiger partial charge in [-0.2, -0.15) is 0 Å². The summed E-state index contributed by atoms with van der Waals surface area (Å²) in [5.41, 5.74) is 8.13. The Hall–Kier alpha value is -1.62. The lowest BCUT2D eigenvalue weighted by molar-refractivity contribution is 0.254. The van der Waals surface area contributed by atoms with Crippen molar-refractivity contribution >= 4 is 22.3 Å². The first-order chi connectivity index (χ1) is 10.3. The molecule has 0 saturated heterocycles. The Morgan fingerprint density at radius 2 is 2.10 bits per heavy atom. The predicted octanol–water partition coefficient (Wildman–Crippen LogP) is 3.67. The van der Waals surface area contributed by atoms with Gasteiger partial charge in [0.25, 0.3) is 0 Å². The number of para-hydroxylation sites is 1. The summed E-state index contributed by atoms with van der Waals surface area (Å²) in [5, 5.41) is 3.29. The van der Waals surface area contributed by atoms with Gasteiger partial charge in [-0.1, -0.05) is 24.3 Å². The first kappa shape index (κ1) is 14.3. The van der Waals surface area contributed by atoms with Crippen LogP contribution >= 0.6 is 11.3 Å². The van der Waals surface area contributed by atoms with Gasteiger partial charge in [0.05, 0.1) is 12.3 Å². The second-order valence-electron chi connectivity index (χ2n) is 5.25. The van der Waals surface area contributed by atoms with Gasteiger partial charge >= 0.3 is 0 Å². The predicted molar refractivity (Wildman–Crippen MR) is 88.7 cm³/mol. The maximum Gasteiger partial charge on any atom is 0.134 e. The summed E-state index contributed by atoms with van der Waals surface area (Å²) in [4.78, 5) is 3.73. The first-order valence-corrected chi connectivity index (χ1v) is 8.06. The molecule has 1 atom stereocenters. The molecule has 4 heteroatoms. The number of fused-ring (bicyclic) bond motifs is 1. The molecule has 0 bridgehead atoms. The van der Waals surface area contributed by atoms with E-state index in [1.807, 2.05) is 35.8 Å². The van der Waals surface area contributed by atoms with Crippen molar-refractivity contribution in [1.29, 1.82) is 0 Å². The standard InChI is InChI=1S/C17H20N2OS/c1-19(9-8-13-5-4-10-21-13)16(11-18)15-12-20-17-7-3-2-6-14(15)17/h2-7,10,12,16H,8-9,11,18H2,1H3. The summed E-state index contributed by atoms with van der Waals surface area (Å²) >= 11 is 1.81. The van der Waals surface area contributed by atoms with E-state index in [0.717, 1.165) is 23.9 Å². The molecule has 0 radical (unpaired) electrons. The number of hydrogen-bond donors (Lipinski definition) is 1. The van der Waals surface area contributed by atoms with Gasteiger partial charge in [-0.25, -0.2) is 0 Å². The van der Waals surface area contributed by atoms with Crippen LogP contribution in [0.1, 0.15) is 16.5 Å². The Bertz CT molecular complexity index is 690. The van der Waals surface area contributed by atoms with E-state index >= 15 is 0 Å². The Labute approximate surface area is 129 Å². The average Bonchev–Trinajstić information content (AvgIpc) is 3.16. The third-order valence-electron chi connectivity index (χ3n) is 3.92.